The van der Waals surface area contributed by atoms with Crippen molar-refractivity contribution in [2.45, 2.75) is 0 Å². The molecule has 9 heteroatoms. The Bertz CT molecular complexity index is 32.0. The minimum Gasteiger partial charge on any atom is -0.270 e. The first kappa shape index (κ1) is 16.8. The molecule has 0 atom stereocenters. The van der Waals surface area contributed by atoms with Gasteiger partial charge in [-0.3, -0.25) is 17.3 Å². The first-order chi connectivity index (χ1) is 3.46. The summed E-state index contributed by atoms with van der Waals surface area (Å²) in [5.74, 6) is 0. The van der Waals surface area contributed by atoms with Crippen LogP contribution in [-0.2, 0) is 0 Å². The maximum Gasteiger partial charge on any atom is 0.650 e. The van der Waals surface area contributed by atoms with Crippen LogP contribution in [0.2, 0.25) is 0 Å². The Morgan fingerprint density at radius 1 is 0.778 bits per heavy atom. The van der Waals surface area contributed by atoms with Crippen LogP contribution in [0.5, 0.6) is 0 Å². The van der Waals surface area contributed by atoms with E-state index >= 15 is 0 Å². The predicted octanol–water partition coefficient (Wildman–Crippen LogP) is 1.92. The normalized spacial score (nSPS) is 6.00. The summed E-state index contributed by atoms with van der Waals surface area (Å²) in [6.45, 7) is -5.39. The number of rotatable bonds is 0. The van der Waals surface area contributed by atoms with E-state index in [1.54, 1.807) is 0 Å². The van der Waals surface area contributed by atoms with E-state index < -0.39 is 13.4 Å². The minimum absolute atomic E-state index is 0. The van der Waals surface area contributed by atoms with Gasteiger partial charge in [0.2, 0.25) is 0 Å². The molecule has 0 N–H and O–H groups in total. The van der Waals surface area contributed by atoms with E-state index in [1.165, 1.54) is 0 Å². The minimum atomic E-state index is -2.69. The van der Waals surface area contributed by atoms with Gasteiger partial charge in [-0.2, -0.15) is 0 Å². The molecule has 0 aliphatic heterocycles. The average molecular weight is 192 g/mol. The van der Waals surface area contributed by atoms with Crippen molar-refractivity contribution in [3.8, 4) is 0 Å². The van der Waals surface area contributed by atoms with Crippen molar-refractivity contribution in [3.63, 3.8) is 0 Å². The van der Waals surface area contributed by atoms with Crippen molar-refractivity contribution in [1.82, 2.24) is 0 Å². The Balaban J connectivity index is -0.0000000720. The topological polar surface area (TPSA) is 0 Å². The van der Waals surface area contributed by atoms with E-state index in [0.29, 0.717) is 0 Å². The maximum atomic E-state index is 10.1. The van der Waals surface area contributed by atoms with Crippen LogP contribution in [0, 0.1) is 0 Å². The largest absolute Gasteiger partial charge is 0.650 e. The SMILES string of the molecule is FB(F)Cl.FB(F)Cl.[Na]. The van der Waals surface area contributed by atoms with Crippen LogP contribution in [0.3, 0.4) is 0 Å². The molecule has 0 fully saturated rings. The van der Waals surface area contributed by atoms with Crippen LogP contribution < -0.4 is 0 Å². The zero-order valence-corrected chi connectivity index (χ0v) is 7.93. The third-order valence-electron chi connectivity index (χ3n) is 0. The van der Waals surface area contributed by atoms with Crippen molar-refractivity contribution < 1.29 is 17.3 Å². The summed E-state index contributed by atoms with van der Waals surface area (Å²) in [5.41, 5.74) is 0. The summed E-state index contributed by atoms with van der Waals surface area (Å²) in [6.07, 6.45) is 0. The van der Waals surface area contributed by atoms with E-state index in [4.69, 9.17) is 0 Å². The molecule has 0 aliphatic carbocycles. The molecule has 0 aromatic carbocycles. The molecule has 0 bridgehead atoms. The summed E-state index contributed by atoms with van der Waals surface area (Å²) in [5, 5.41) is 0. The monoisotopic (exact) mass is 191 g/mol. The van der Waals surface area contributed by atoms with Gasteiger partial charge in [-0.25, -0.2) is 0 Å². The molecule has 49 valence electrons. The Morgan fingerprint density at radius 3 is 0.778 bits per heavy atom. The molecule has 0 spiro atoms. The molecule has 0 saturated heterocycles. The second-order valence-electron chi connectivity index (χ2n) is 0.495. The van der Waals surface area contributed by atoms with Crippen molar-refractivity contribution in [2.24, 2.45) is 0 Å². The van der Waals surface area contributed by atoms with E-state index in [2.05, 4.69) is 22.9 Å². The van der Waals surface area contributed by atoms with Gasteiger partial charge in [-0.1, -0.05) is 0 Å². The fraction of sp³-hybridized carbons (Fsp3) is 0. The molecule has 0 aliphatic rings. The average Bonchev–Trinajstić information content (AvgIpc) is 1.25. The molecular weight excluding hydrogens is 192 g/mol. The molecule has 0 aromatic rings. The Hall–Kier alpha value is 1.43. The Labute approximate surface area is 82.7 Å². The van der Waals surface area contributed by atoms with E-state index in [1.807, 2.05) is 0 Å². The molecule has 0 heterocycles. The van der Waals surface area contributed by atoms with Gasteiger partial charge in [0.15, 0.2) is 0 Å². The Kier molecular flexibility index (Phi) is 22.7. The number of hydrogen-bond donors (Lipinski definition) is 0. The van der Waals surface area contributed by atoms with Crippen LogP contribution in [-0.4, -0.2) is 42.9 Å². The van der Waals surface area contributed by atoms with Crippen LogP contribution in [0.15, 0.2) is 0 Å². The summed E-state index contributed by atoms with van der Waals surface area (Å²) >= 11 is 7.88. The van der Waals surface area contributed by atoms with Crippen molar-refractivity contribution >= 4 is 65.8 Å². The second kappa shape index (κ2) is 12.1. The summed E-state index contributed by atoms with van der Waals surface area (Å²) < 4.78 is 40.4. The third-order valence-corrected chi connectivity index (χ3v) is 0. The van der Waals surface area contributed by atoms with Gasteiger partial charge < -0.3 is 0 Å². The molecule has 0 rings (SSSR count). The van der Waals surface area contributed by atoms with E-state index in [-0.39, 0.29) is 29.6 Å². The maximum absolute atomic E-state index is 10.1. The molecular formula is B2Cl2F4Na. The van der Waals surface area contributed by atoms with Crippen LogP contribution in [0.25, 0.3) is 0 Å². The molecule has 0 amide bonds. The predicted molar refractivity (Wildman–Crippen MR) is 33.4 cm³/mol. The fourth-order valence-corrected chi connectivity index (χ4v) is 0. The third kappa shape index (κ3) is 255. The van der Waals surface area contributed by atoms with Crippen molar-refractivity contribution in [2.75, 3.05) is 0 Å². The quantitative estimate of drug-likeness (QED) is 0.405. The first-order valence-corrected chi connectivity index (χ1v) is 2.18. The van der Waals surface area contributed by atoms with Gasteiger partial charge in [0.05, 0.1) is 0 Å². The van der Waals surface area contributed by atoms with Crippen molar-refractivity contribution in [1.29, 1.82) is 0 Å². The summed E-state index contributed by atoms with van der Waals surface area (Å²) in [6, 6.07) is 0. The first-order valence-electron chi connectivity index (χ1n) is 1.31. The van der Waals surface area contributed by atoms with Crippen LogP contribution >= 0.6 is 22.9 Å². The molecule has 0 aromatic heterocycles. The summed E-state index contributed by atoms with van der Waals surface area (Å²) in [4.78, 5) is 0. The smallest absolute Gasteiger partial charge is 0.270 e. The van der Waals surface area contributed by atoms with Gasteiger partial charge in [0, 0.05) is 29.6 Å². The molecule has 0 unspecified atom stereocenters. The van der Waals surface area contributed by atoms with Gasteiger partial charge in [-0.15, -0.1) is 22.9 Å². The zero-order valence-electron chi connectivity index (χ0n) is 4.42. The van der Waals surface area contributed by atoms with Crippen LogP contribution in [0.4, 0.5) is 17.3 Å². The Morgan fingerprint density at radius 2 is 0.778 bits per heavy atom. The number of halogens is 6. The second-order valence-corrected chi connectivity index (χ2v) is 1.15. The van der Waals surface area contributed by atoms with Gasteiger partial charge in [0.1, 0.15) is 0 Å². The molecule has 0 nitrogen and oxygen atoms in total. The molecule has 9 heavy (non-hydrogen) atoms. The zero-order chi connectivity index (χ0) is 7.15. The number of hydrogen-bond acceptors (Lipinski definition) is 0. The van der Waals surface area contributed by atoms with Gasteiger partial charge in [-0.05, 0) is 0 Å². The van der Waals surface area contributed by atoms with E-state index in [9.17, 15) is 17.3 Å². The van der Waals surface area contributed by atoms with Crippen LogP contribution in [0.1, 0.15) is 0 Å². The fourth-order valence-electron chi connectivity index (χ4n) is 0. The van der Waals surface area contributed by atoms with Crippen molar-refractivity contribution in [3.05, 3.63) is 0 Å². The molecule has 1 radical (unpaired) electrons. The van der Waals surface area contributed by atoms with Gasteiger partial charge >= 0.3 is 13.4 Å². The molecule has 0 saturated carbocycles. The summed E-state index contributed by atoms with van der Waals surface area (Å²) in [7, 11) is 0. The van der Waals surface area contributed by atoms with E-state index in [0.717, 1.165) is 0 Å². The standard InChI is InChI=1S/2BClF2.Na/c2*2-1(3)4;. The van der Waals surface area contributed by atoms with Gasteiger partial charge in [0.25, 0.3) is 0 Å².